The molecule has 0 saturated heterocycles. The average Bonchev–Trinajstić information content (AvgIpc) is 3.05. The SMILES string of the molecule is O=[N+]([O-])c1c(N2CCc3c(F)cc(F)cc3C2)nc2sccn12. The van der Waals surface area contributed by atoms with Gasteiger partial charge >= 0.3 is 5.82 Å². The normalized spacial score (nSPS) is 14.3. The molecule has 1 aliphatic rings. The molecular formula is C14H10F2N4O2S. The van der Waals surface area contributed by atoms with E-state index < -0.39 is 16.6 Å². The maximum atomic E-state index is 13.8. The number of anilines is 1. The van der Waals surface area contributed by atoms with Gasteiger partial charge in [0, 0.05) is 24.5 Å². The van der Waals surface area contributed by atoms with Crippen LogP contribution >= 0.6 is 11.3 Å². The van der Waals surface area contributed by atoms with Crippen LogP contribution in [0.15, 0.2) is 23.7 Å². The lowest BCUT2D eigenvalue weighted by atomic mass is 9.99. The number of rotatable bonds is 2. The molecule has 0 aliphatic carbocycles. The number of aromatic nitrogens is 2. The van der Waals surface area contributed by atoms with Gasteiger partial charge in [-0.15, -0.1) is 0 Å². The van der Waals surface area contributed by atoms with Crippen molar-refractivity contribution in [2.75, 3.05) is 11.4 Å². The van der Waals surface area contributed by atoms with Gasteiger partial charge in [-0.2, -0.15) is 9.38 Å². The highest BCUT2D eigenvalue weighted by Crippen LogP contribution is 2.34. The average molecular weight is 336 g/mol. The molecule has 0 spiro atoms. The number of halogens is 2. The van der Waals surface area contributed by atoms with Crippen LogP contribution in [0.5, 0.6) is 0 Å². The standard InChI is InChI=1S/C14H10F2N4O2S/c15-9-5-8-7-18(2-1-10(8)11(16)6-9)12-13(20(21)22)19-3-4-23-14(19)17-12/h3-6H,1-2,7H2. The van der Waals surface area contributed by atoms with Crippen molar-refractivity contribution < 1.29 is 13.7 Å². The smallest absolute Gasteiger partial charge is 0.358 e. The monoisotopic (exact) mass is 336 g/mol. The summed E-state index contributed by atoms with van der Waals surface area (Å²) in [5, 5.41) is 13.1. The van der Waals surface area contributed by atoms with Crippen molar-refractivity contribution in [1.82, 2.24) is 9.38 Å². The number of imidazole rings is 1. The minimum absolute atomic E-state index is 0.124. The van der Waals surface area contributed by atoms with Crippen LogP contribution in [0.25, 0.3) is 4.96 Å². The minimum Gasteiger partial charge on any atom is -0.358 e. The summed E-state index contributed by atoms with van der Waals surface area (Å²) in [4.78, 5) is 17.4. The topological polar surface area (TPSA) is 63.7 Å². The molecule has 0 unspecified atom stereocenters. The Balaban J connectivity index is 1.79. The van der Waals surface area contributed by atoms with Gasteiger partial charge in [-0.1, -0.05) is 11.3 Å². The lowest BCUT2D eigenvalue weighted by molar-refractivity contribution is -0.389. The first-order valence-corrected chi connectivity index (χ1v) is 7.74. The van der Waals surface area contributed by atoms with Crippen molar-refractivity contribution in [3.63, 3.8) is 0 Å². The molecule has 0 atom stereocenters. The van der Waals surface area contributed by atoms with Crippen molar-refractivity contribution in [1.29, 1.82) is 0 Å². The first-order chi connectivity index (χ1) is 11.0. The molecule has 3 aromatic rings. The first kappa shape index (κ1) is 14.1. The van der Waals surface area contributed by atoms with Gasteiger partial charge in [0.25, 0.3) is 4.96 Å². The predicted octanol–water partition coefficient (Wildman–Crippen LogP) is 3.14. The van der Waals surface area contributed by atoms with E-state index in [2.05, 4.69) is 4.98 Å². The highest BCUT2D eigenvalue weighted by Gasteiger charge is 2.30. The Morgan fingerprint density at radius 2 is 2.17 bits per heavy atom. The summed E-state index contributed by atoms with van der Waals surface area (Å²) in [5.41, 5.74) is 0.964. The van der Waals surface area contributed by atoms with Crippen LogP contribution in [-0.4, -0.2) is 20.9 Å². The molecule has 0 N–H and O–H groups in total. The van der Waals surface area contributed by atoms with Crippen molar-refractivity contribution in [3.8, 4) is 0 Å². The van der Waals surface area contributed by atoms with Crippen LogP contribution in [0, 0.1) is 21.7 Å². The van der Waals surface area contributed by atoms with Crippen LogP contribution in [-0.2, 0) is 13.0 Å². The van der Waals surface area contributed by atoms with E-state index in [1.807, 2.05) is 0 Å². The Labute approximate surface area is 132 Å². The molecule has 0 radical (unpaired) electrons. The van der Waals surface area contributed by atoms with Crippen molar-refractivity contribution >= 4 is 27.9 Å². The molecule has 118 valence electrons. The predicted molar refractivity (Wildman–Crippen MR) is 80.8 cm³/mol. The van der Waals surface area contributed by atoms with E-state index in [0.717, 1.165) is 6.07 Å². The Morgan fingerprint density at radius 3 is 2.96 bits per heavy atom. The van der Waals surface area contributed by atoms with Crippen molar-refractivity contribution in [2.24, 2.45) is 0 Å². The number of nitrogens with zero attached hydrogens (tertiary/aromatic N) is 4. The molecule has 0 saturated carbocycles. The zero-order valence-corrected chi connectivity index (χ0v) is 12.5. The van der Waals surface area contributed by atoms with Gasteiger partial charge in [-0.3, -0.25) is 0 Å². The Kier molecular flexibility index (Phi) is 3.05. The molecular weight excluding hydrogens is 326 g/mol. The molecule has 0 bridgehead atoms. The molecule has 2 aromatic heterocycles. The second kappa shape index (κ2) is 4.98. The first-order valence-electron chi connectivity index (χ1n) is 6.86. The molecule has 3 heterocycles. The van der Waals surface area contributed by atoms with E-state index in [1.54, 1.807) is 16.5 Å². The van der Waals surface area contributed by atoms with Gasteiger partial charge < -0.3 is 15.0 Å². The van der Waals surface area contributed by atoms with Gasteiger partial charge in [0.15, 0.2) is 0 Å². The maximum absolute atomic E-state index is 13.8. The van der Waals surface area contributed by atoms with E-state index in [-0.39, 0.29) is 18.2 Å². The van der Waals surface area contributed by atoms with Crippen LogP contribution < -0.4 is 4.90 Å². The number of hydrogen-bond acceptors (Lipinski definition) is 5. The maximum Gasteiger partial charge on any atom is 0.373 e. The Bertz CT molecular complexity index is 936. The van der Waals surface area contributed by atoms with E-state index in [0.29, 0.717) is 29.1 Å². The number of nitro groups is 1. The van der Waals surface area contributed by atoms with Gasteiger partial charge in [0.2, 0.25) is 5.82 Å². The van der Waals surface area contributed by atoms with Gasteiger partial charge in [-0.25, -0.2) is 8.78 Å². The molecule has 4 rings (SSSR count). The molecule has 6 nitrogen and oxygen atoms in total. The highest BCUT2D eigenvalue weighted by molar-refractivity contribution is 7.15. The molecule has 23 heavy (non-hydrogen) atoms. The zero-order valence-electron chi connectivity index (χ0n) is 11.7. The summed E-state index contributed by atoms with van der Waals surface area (Å²) >= 11 is 1.29. The molecule has 1 aromatic carbocycles. The van der Waals surface area contributed by atoms with E-state index in [9.17, 15) is 18.9 Å². The van der Waals surface area contributed by atoms with Crippen molar-refractivity contribution in [2.45, 2.75) is 13.0 Å². The molecule has 1 aliphatic heterocycles. The fraction of sp³-hybridized carbons (Fsp3) is 0.214. The van der Waals surface area contributed by atoms with Crippen LogP contribution in [0.2, 0.25) is 0 Å². The summed E-state index contributed by atoms with van der Waals surface area (Å²) < 4.78 is 28.6. The second-order valence-corrected chi connectivity index (χ2v) is 6.14. The molecule has 0 amide bonds. The third kappa shape index (κ3) is 2.15. The zero-order chi connectivity index (χ0) is 16.1. The molecule has 9 heteroatoms. The number of benzene rings is 1. The van der Waals surface area contributed by atoms with Crippen molar-refractivity contribution in [3.05, 3.63) is 56.6 Å². The summed E-state index contributed by atoms with van der Waals surface area (Å²) in [6.07, 6.45) is 1.94. The van der Waals surface area contributed by atoms with Crippen LogP contribution in [0.1, 0.15) is 11.1 Å². The summed E-state index contributed by atoms with van der Waals surface area (Å²) in [6, 6.07) is 2.14. The Hall–Kier alpha value is -2.55. The Morgan fingerprint density at radius 1 is 1.35 bits per heavy atom. The van der Waals surface area contributed by atoms with Crippen LogP contribution in [0.3, 0.4) is 0 Å². The van der Waals surface area contributed by atoms with Gasteiger partial charge in [0.1, 0.15) is 17.8 Å². The van der Waals surface area contributed by atoms with Gasteiger partial charge in [-0.05, 0) is 28.5 Å². The summed E-state index contributed by atoms with van der Waals surface area (Å²) in [6.45, 7) is 0.580. The quantitative estimate of drug-likeness (QED) is 0.533. The fourth-order valence-corrected chi connectivity index (χ4v) is 3.64. The van der Waals surface area contributed by atoms with E-state index in [4.69, 9.17) is 0 Å². The molecule has 0 fully saturated rings. The number of thiazole rings is 1. The third-order valence-electron chi connectivity index (χ3n) is 3.94. The number of hydrogen-bond donors (Lipinski definition) is 0. The van der Waals surface area contributed by atoms with E-state index >= 15 is 0 Å². The number of fused-ring (bicyclic) bond motifs is 2. The largest absolute Gasteiger partial charge is 0.373 e. The second-order valence-electron chi connectivity index (χ2n) is 5.27. The summed E-state index contributed by atoms with van der Waals surface area (Å²) in [7, 11) is 0. The third-order valence-corrected chi connectivity index (χ3v) is 4.69. The lowest BCUT2D eigenvalue weighted by Gasteiger charge is -2.28. The minimum atomic E-state index is -0.650. The summed E-state index contributed by atoms with van der Waals surface area (Å²) in [5.74, 6) is -1.11. The van der Waals surface area contributed by atoms with E-state index in [1.165, 1.54) is 21.8 Å². The fourth-order valence-electron chi connectivity index (χ4n) is 2.93. The highest BCUT2D eigenvalue weighted by atomic mass is 32.1. The lowest BCUT2D eigenvalue weighted by Crippen LogP contribution is -2.31. The van der Waals surface area contributed by atoms with Gasteiger partial charge in [0.05, 0.1) is 0 Å². The van der Waals surface area contributed by atoms with Crippen LogP contribution in [0.4, 0.5) is 20.4 Å².